The molecule has 0 fully saturated rings. The maximum Gasteiger partial charge on any atom is 0.275 e. The third kappa shape index (κ3) is 6.60. The Morgan fingerprint density at radius 3 is 2.15 bits per heavy atom. The number of nitrogens with zero attached hydrogens (tertiary/aromatic N) is 1. The summed E-state index contributed by atoms with van der Waals surface area (Å²) in [6.45, 7) is 10.8. The second-order valence-corrected chi connectivity index (χ2v) is 12.0. The van der Waals surface area contributed by atoms with Gasteiger partial charge in [-0.25, -0.2) is 18.1 Å². The second-order valence-electron chi connectivity index (χ2n) is 9.17. The SMILES string of the molecule is COCc1cc(C(C)C)c(CC(=O)NS(=O)(=O)c2sc(C(C)(C)O)nc2CO)c(C(C)C)c1. The zero-order valence-electron chi connectivity index (χ0n) is 20.2. The van der Waals surface area contributed by atoms with E-state index >= 15 is 0 Å². The van der Waals surface area contributed by atoms with Crippen LogP contribution in [-0.2, 0) is 44.8 Å². The van der Waals surface area contributed by atoms with Crippen LogP contribution in [0.2, 0.25) is 0 Å². The Kier molecular flexibility index (Phi) is 8.80. The van der Waals surface area contributed by atoms with Crippen molar-refractivity contribution in [2.24, 2.45) is 0 Å². The minimum absolute atomic E-state index is 0.105. The Morgan fingerprint density at radius 1 is 1.18 bits per heavy atom. The molecular weight excluding hydrogens is 464 g/mol. The molecule has 184 valence electrons. The molecule has 0 unspecified atom stereocenters. The van der Waals surface area contributed by atoms with E-state index in [1.807, 2.05) is 39.8 Å². The second kappa shape index (κ2) is 10.6. The summed E-state index contributed by atoms with van der Waals surface area (Å²) in [5, 5.41) is 19.9. The fourth-order valence-electron chi connectivity index (χ4n) is 3.57. The van der Waals surface area contributed by atoms with E-state index in [-0.39, 0.29) is 33.2 Å². The highest BCUT2D eigenvalue weighted by Crippen LogP contribution is 2.32. The van der Waals surface area contributed by atoms with Crippen molar-refractivity contribution in [3.63, 3.8) is 0 Å². The Morgan fingerprint density at radius 2 is 1.73 bits per heavy atom. The van der Waals surface area contributed by atoms with E-state index in [2.05, 4.69) is 9.71 Å². The van der Waals surface area contributed by atoms with Crippen LogP contribution >= 0.6 is 11.3 Å². The highest BCUT2D eigenvalue weighted by atomic mass is 32.2. The van der Waals surface area contributed by atoms with Gasteiger partial charge in [0.05, 0.1) is 25.3 Å². The molecule has 1 amide bonds. The number of thiazole rings is 1. The van der Waals surface area contributed by atoms with Crippen LogP contribution in [0.5, 0.6) is 0 Å². The van der Waals surface area contributed by atoms with Crippen molar-refractivity contribution in [2.75, 3.05) is 7.11 Å². The number of rotatable bonds is 10. The van der Waals surface area contributed by atoms with E-state index in [1.165, 1.54) is 13.8 Å². The molecule has 10 heteroatoms. The molecular formula is C23H34N2O6S2. The quantitative estimate of drug-likeness (QED) is 0.459. The summed E-state index contributed by atoms with van der Waals surface area (Å²) in [5.74, 6) is -0.438. The number of carbonyl (C=O) groups is 1. The third-order valence-electron chi connectivity index (χ3n) is 5.10. The Balaban J connectivity index is 2.42. The molecule has 33 heavy (non-hydrogen) atoms. The minimum Gasteiger partial charge on any atom is -0.390 e. The van der Waals surface area contributed by atoms with Crippen molar-refractivity contribution in [2.45, 2.75) is 82.8 Å². The molecule has 0 atom stereocenters. The minimum atomic E-state index is -4.28. The highest BCUT2D eigenvalue weighted by Gasteiger charge is 2.30. The van der Waals surface area contributed by atoms with Gasteiger partial charge in [-0.15, -0.1) is 11.3 Å². The molecule has 0 bridgehead atoms. The fraction of sp³-hybridized carbons (Fsp3) is 0.565. The van der Waals surface area contributed by atoms with Crippen LogP contribution in [0.25, 0.3) is 0 Å². The number of benzene rings is 1. The Bertz CT molecular complexity index is 1070. The molecule has 1 heterocycles. The van der Waals surface area contributed by atoms with E-state index in [0.29, 0.717) is 6.61 Å². The lowest BCUT2D eigenvalue weighted by Gasteiger charge is -2.21. The lowest BCUT2D eigenvalue weighted by Crippen LogP contribution is -2.32. The molecule has 2 rings (SSSR count). The van der Waals surface area contributed by atoms with Gasteiger partial charge >= 0.3 is 0 Å². The smallest absolute Gasteiger partial charge is 0.275 e. The average Bonchev–Trinajstić information content (AvgIpc) is 3.14. The van der Waals surface area contributed by atoms with Crippen LogP contribution in [0.1, 0.15) is 86.3 Å². The summed E-state index contributed by atoms with van der Waals surface area (Å²) in [6, 6.07) is 4.00. The number of aromatic nitrogens is 1. The number of hydrogen-bond donors (Lipinski definition) is 3. The van der Waals surface area contributed by atoms with Gasteiger partial charge in [0.25, 0.3) is 10.0 Å². The number of aliphatic hydroxyl groups is 2. The zero-order chi connectivity index (χ0) is 25.1. The molecule has 0 saturated carbocycles. The fourth-order valence-corrected chi connectivity index (χ4v) is 6.06. The van der Waals surface area contributed by atoms with Crippen LogP contribution in [0, 0.1) is 0 Å². The topological polar surface area (TPSA) is 126 Å². The van der Waals surface area contributed by atoms with Crippen molar-refractivity contribution in [3.05, 3.63) is 45.1 Å². The van der Waals surface area contributed by atoms with Crippen LogP contribution in [0.4, 0.5) is 0 Å². The van der Waals surface area contributed by atoms with Gasteiger partial charge in [-0.3, -0.25) is 4.79 Å². The summed E-state index contributed by atoms with van der Waals surface area (Å²) in [6.07, 6.45) is -0.112. The van der Waals surface area contributed by atoms with E-state index in [0.717, 1.165) is 33.6 Å². The summed E-state index contributed by atoms with van der Waals surface area (Å²) in [5.41, 5.74) is 2.26. The van der Waals surface area contributed by atoms with Crippen molar-refractivity contribution in [3.8, 4) is 0 Å². The molecule has 0 aliphatic rings. The van der Waals surface area contributed by atoms with Gasteiger partial charge in [-0.2, -0.15) is 0 Å². The molecule has 0 aliphatic carbocycles. The largest absolute Gasteiger partial charge is 0.390 e. The maximum absolute atomic E-state index is 13.0. The molecule has 1 aromatic heterocycles. The van der Waals surface area contributed by atoms with E-state index < -0.39 is 28.1 Å². The van der Waals surface area contributed by atoms with Gasteiger partial charge in [-0.05, 0) is 47.9 Å². The van der Waals surface area contributed by atoms with Crippen molar-refractivity contribution in [1.82, 2.24) is 9.71 Å². The van der Waals surface area contributed by atoms with Crippen LogP contribution in [-0.4, -0.2) is 36.6 Å². The number of nitrogens with one attached hydrogen (secondary N) is 1. The summed E-state index contributed by atoms with van der Waals surface area (Å²) >= 11 is 0.732. The first-order chi connectivity index (χ1) is 15.2. The highest BCUT2D eigenvalue weighted by molar-refractivity contribution is 7.92. The predicted molar refractivity (Wildman–Crippen MR) is 128 cm³/mol. The van der Waals surface area contributed by atoms with Gasteiger partial charge in [0.1, 0.15) is 10.6 Å². The van der Waals surface area contributed by atoms with E-state index in [9.17, 15) is 23.4 Å². The maximum atomic E-state index is 13.0. The van der Waals surface area contributed by atoms with Crippen molar-refractivity contribution < 1.29 is 28.2 Å². The number of methoxy groups -OCH3 is 1. The Hall–Kier alpha value is -1.85. The number of carbonyl (C=O) groups excluding carboxylic acids is 1. The third-order valence-corrected chi connectivity index (χ3v) is 8.43. The molecule has 0 radical (unpaired) electrons. The van der Waals surface area contributed by atoms with Crippen LogP contribution in [0.15, 0.2) is 16.3 Å². The number of hydrogen-bond acceptors (Lipinski definition) is 8. The monoisotopic (exact) mass is 498 g/mol. The molecule has 0 aliphatic heterocycles. The molecule has 0 saturated heterocycles. The first-order valence-electron chi connectivity index (χ1n) is 10.7. The summed E-state index contributed by atoms with van der Waals surface area (Å²) < 4.78 is 33.0. The molecule has 1 aromatic carbocycles. The molecule has 2 aromatic rings. The summed E-state index contributed by atoms with van der Waals surface area (Å²) in [4.78, 5) is 17.0. The van der Waals surface area contributed by atoms with E-state index in [1.54, 1.807) is 7.11 Å². The van der Waals surface area contributed by atoms with Gasteiger partial charge in [-0.1, -0.05) is 39.8 Å². The van der Waals surface area contributed by atoms with E-state index in [4.69, 9.17) is 4.74 Å². The van der Waals surface area contributed by atoms with Crippen molar-refractivity contribution in [1.29, 1.82) is 0 Å². The number of sulfonamides is 1. The number of ether oxygens (including phenoxy) is 1. The normalized spacial score (nSPS) is 12.6. The van der Waals surface area contributed by atoms with Crippen LogP contribution < -0.4 is 4.72 Å². The zero-order valence-corrected chi connectivity index (χ0v) is 21.9. The molecule has 8 nitrogen and oxygen atoms in total. The predicted octanol–water partition coefficient (Wildman–Crippen LogP) is 3.30. The Labute approximate surface area is 200 Å². The lowest BCUT2D eigenvalue weighted by molar-refractivity contribution is -0.118. The first kappa shape index (κ1) is 27.4. The average molecular weight is 499 g/mol. The number of aliphatic hydroxyl groups excluding tert-OH is 1. The lowest BCUT2D eigenvalue weighted by atomic mass is 9.85. The van der Waals surface area contributed by atoms with Gasteiger partial charge in [0.2, 0.25) is 5.91 Å². The summed E-state index contributed by atoms with van der Waals surface area (Å²) in [7, 11) is -2.65. The molecule has 0 spiro atoms. The van der Waals surface area contributed by atoms with Crippen molar-refractivity contribution >= 4 is 27.3 Å². The first-order valence-corrected chi connectivity index (χ1v) is 13.0. The van der Waals surface area contributed by atoms with Gasteiger partial charge < -0.3 is 14.9 Å². The number of amides is 1. The van der Waals surface area contributed by atoms with Crippen LogP contribution in [0.3, 0.4) is 0 Å². The standard InChI is InChI=1S/C23H34N2O6S2/c1-13(2)16-8-15(12-31-7)9-17(14(3)4)18(16)10-20(27)25-33(29,30)21-19(11-26)24-22(32-21)23(5,6)28/h8-9,13-14,26,28H,10-12H2,1-7H3,(H,25,27). The van der Waals surface area contributed by atoms with Gasteiger partial charge in [0, 0.05) is 7.11 Å². The van der Waals surface area contributed by atoms with Gasteiger partial charge in [0.15, 0.2) is 4.21 Å². The molecule has 3 N–H and O–H groups in total.